The Hall–Kier alpha value is -2.02. The lowest BCUT2D eigenvalue weighted by Gasteiger charge is -2.31. The molecule has 2 aliphatic rings. The van der Waals surface area contributed by atoms with Gasteiger partial charge in [-0.05, 0) is 66.5 Å². The quantitative estimate of drug-likeness (QED) is 0.265. The number of hydrogen-bond donors (Lipinski definition) is 0. The van der Waals surface area contributed by atoms with E-state index in [2.05, 4.69) is 86.6 Å². The lowest BCUT2D eigenvalue weighted by molar-refractivity contribution is -0.105. The molecule has 2 atom stereocenters. The van der Waals surface area contributed by atoms with Gasteiger partial charge in [-0.1, -0.05) is 95.3 Å². The van der Waals surface area contributed by atoms with Gasteiger partial charge in [0, 0.05) is 17.9 Å². The minimum atomic E-state index is -1.37. The Morgan fingerprint density at radius 3 is 2.08 bits per heavy atom. The molecular formula is C33H46O2Si. The SMILES string of the molecule is CCCC1CCC(CC(c2ccc(C#C[Si](C)(C)C)cc2)c2ccc(OC3CCCCO3)cc2)CC1. The summed E-state index contributed by atoms with van der Waals surface area (Å²) in [6.07, 6.45) is 12.7. The molecule has 0 bridgehead atoms. The predicted molar refractivity (Wildman–Crippen MR) is 154 cm³/mol. The van der Waals surface area contributed by atoms with Gasteiger partial charge in [0.15, 0.2) is 6.29 Å². The largest absolute Gasteiger partial charge is 0.465 e. The summed E-state index contributed by atoms with van der Waals surface area (Å²) in [6.45, 7) is 10.0. The first-order chi connectivity index (χ1) is 17.4. The average molecular weight is 503 g/mol. The standard InChI is InChI=1S/C33H46O2Si/c1-5-8-26-10-12-28(13-11-26)25-32(29-16-14-27(15-17-29)22-24-36(2,3)4)30-18-20-31(21-19-30)35-33-9-6-7-23-34-33/h14-21,26,28,32-33H,5-13,23,25H2,1-4H3. The van der Waals surface area contributed by atoms with Gasteiger partial charge >= 0.3 is 0 Å². The van der Waals surface area contributed by atoms with Crippen LogP contribution in [0.5, 0.6) is 5.75 Å². The summed E-state index contributed by atoms with van der Waals surface area (Å²) in [5.74, 6) is 6.51. The molecule has 1 aliphatic carbocycles. The molecule has 1 heterocycles. The fraction of sp³-hybridized carbons (Fsp3) is 0.576. The van der Waals surface area contributed by atoms with E-state index in [9.17, 15) is 0 Å². The van der Waals surface area contributed by atoms with E-state index >= 15 is 0 Å². The Bertz CT molecular complexity index is 979. The van der Waals surface area contributed by atoms with Gasteiger partial charge in [-0.2, -0.15) is 0 Å². The molecule has 194 valence electrons. The van der Waals surface area contributed by atoms with Crippen LogP contribution in [0.25, 0.3) is 0 Å². The zero-order chi connectivity index (χ0) is 25.4. The molecule has 1 aliphatic heterocycles. The molecule has 0 amide bonds. The van der Waals surface area contributed by atoms with Gasteiger partial charge in [-0.15, -0.1) is 5.54 Å². The van der Waals surface area contributed by atoms with Crippen LogP contribution in [0.2, 0.25) is 19.6 Å². The van der Waals surface area contributed by atoms with Gasteiger partial charge < -0.3 is 9.47 Å². The van der Waals surface area contributed by atoms with Crippen molar-refractivity contribution in [2.45, 2.75) is 103 Å². The third-order valence-corrected chi connectivity index (χ3v) is 8.69. The third kappa shape index (κ3) is 8.25. The molecule has 4 rings (SSSR count). The number of ether oxygens (including phenoxy) is 2. The molecule has 2 nitrogen and oxygen atoms in total. The van der Waals surface area contributed by atoms with E-state index < -0.39 is 8.07 Å². The smallest absolute Gasteiger partial charge is 0.199 e. The Morgan fingerprint density at radius 1 is 0.861 bits per heavy atom. The Morgan fingerprint density at radius 2 is 1.50 bits per heavy atom. The van der Waals surface area contributed by atoms with E-state index in [-0.39, 0.29) is 6.29 Å². The minimum Gasteiger partial charge on any atom is -0.465 e. The summed E-state index contributed by atoms with van der Waals surface area (Å²) in [7, 11) is -1.37. The van der Waals surface area contributed by atoms with E-state index in [1.165, 1.54) is 62.5 Å². The van der Waals surface area contributed by atoms with Crippen LogP contribution in [0.3, 0.4) is 0 Å². The van der Waals surface area contributed by atoms with Gasteiger partial charge in [0.25, 0.3) is 0 Å². The van der Waals surface area contributed by atoms with Crippen molar-refractivity contribution in [3.8, 4) is 17.2 Å². The highest BCUT2D eigenvalue weighted by Gasteiger charge is 2.25. The summed E-state index contributed by atoms with van der Waals surface area (Å²) < 4.78 is 11.9. The summed E-state index contributed by atoms with van der Waals surface area (Å²) in [4.78, 5) is 0. The Labute approximate surface area is 221 Å². The van der Waals surface area contributed by atoms with Crippen molar-refractivity contribution in [2.24, 2.45) is 11.8 Å². The highest BCUT2D eigenvalue weighted by Crippen LogP contribution is 2.40. The van der Waals surface area contributed by atoms with E-state index in [4.69, 9.17) is 9.47 Å². The first kappa shape index (κ1) is 27.0. The van der Waals surface area contributed by atoms with Crippen LogP contribution in [0, 0.1) is 23.3 Å². The van der Waals surface area contributed by atoms with Gasteiger partial charge in [0.05, 0.1) is 6.61 Å². The zero-order valence-corrected chi connectivity index (χ0v) is 24.0. The molecule has 0 N–H and O–H groups in total. The van der Waals surface area contributed by atoms with E-state index in [0.29, 0.717) is 5.92 Å². The summed E-state index contributed by atoms with van der Waals surface area (Å²) in [6, 6.07) is 18.0. The number of benzene rings is 2. The van der Waals surface area contributed by atoms with Crippen LogP contribution >= 0.6 is 0 Å². The third-order valence-electron chi connectivity index (χ3n) is 7.82. The van der Waals surface area contributed by atoms with Crippen molar-refractivity contribution in [3.05, 3.63) is 65.2 Å². The summed E-state index contributed by atoms with van der Waals surface area (Å²) in [5, 5.41) is 0. The van der Waals surface area contributed by atoms with Gasteiger partial charge in [0.1, 0.15) is 13.8 Å². The molecule has 2 unspecified atom stereocenters. The van der Waals surface area contributed by atoms with E-state index in [1.54, 1.807) is 0 Å². The van der Waals surface area contributed by atoms with Crippen molar-refractivity contribution < 1.29 is 9.47 Å². The highest BCUT2D eigenvalue weighted by atomic mass is 28.3. The first-order valence-corrected chi connectivity index (χ1v) is 17.9. The minimum absolute atomic E-state index is 0.0940. The summed E-state index contributed by atoms with van der Waals surface area (Å²) >= 11 is 0. The monoisotopic (exact) mass is 502 g/mol. The Balaban J connectivity index is 1.50. The predicted octanol–water partition coefficient (Wildman–Crippen LogP) is 8.95. The van der Waals surface area contributed by atoms with Crippen LogP contribution in [0.15, 0.2) is 48.5 Å². The fourth-order valence-corrected chi connectivity index (χ4v) is 6.27. The fourth-order valence-electron chi connectivity index (χ4n) is 5.76. The molecule has 0 aromatic heterocycles. The molecular weight excluding hydrogens is 456 g/mol. The Kier molecular flexibility index (Phi) is 9.74. The van der Waals surface area contributed by atoms with Crippen molar-refractivity contribution in [2.75, 3.05) is 6.61 Å². The normalized spacial score (nSPS) is 23.4. The zero-order valence-electron chi connectivity index (χ0n) is 23.0. The van der Waals surface area contributed by atoms with E-state index in [0.717, 1.165) is 42.6 Å². The average Bonchev–Trinajstić information content (AvgIpc) is 2.88. The maximum Gasteiger partial charge on any atom is 0.199 e. The molecule has 1 saturated heterocycles. The van der Waals surface area contributed by atoms with Crippen molar-refractivity contribution in [3.63, 3.8) is 0 Å². The molecule has 0 spiro atoms. The van der Waals surface area contributed by atoms with Crippen LogP contribution in [-0.2, 0) is 4.74 Å². The number of hydrogen-bond acceptors (Lipinski definition) is 2. The maximum absolute atomic E-state index is 6.12. The van der Waals surface area contributed by atoms with Crippen molar-refractivity contribution >= 4 is 8.07 Å². The molecule has 0 radical (unpaired) electrons. The second-order valence-corrected chi connectivity index (χ2v) is 16.8. The second kappa shape index (κ2) is 13.0. The highest BCUT2D eigenvalue weighted by molar-refractivity contribution is 6.83. The van der Waals surface area contributed by atoms with Crippen LogP contribution < -0.4 is 4.74 Å². The molecule has 2 aromatic rings. The van der Waals surface area contributed by atoms with Crippen LogP contribution in [0.4, 0.5) is 0 Å². The van der Waals surface area contributed by atoms with Crippen molar-refractivity contribution in [1.82, 2.24) is 0 Å². The van der Waals surface area contributed by atoms with Gasteiger partial charge in [-0.25, -0.2) is 0 Å². The van der Waals surface area contributed by atoms with E-state index in [1.807, 2.05) is 0 Å². The molecule has 1 saturated carbocycles. The molecule has 36 heavy (non-hydrogen) atoms. The molecule has 3 heteroatoms. The van der Waals surface area contributed by atoms with Crippen LogP contribution in [0.1, 0.15) is 93.7 Å². The topological polar surface area (TPSA) is 18.5 Å². The summed E-state index contributed by atoms with van der Waals surface area (Å²) in [5.41, 5.74) is 7.44. The van der Waals surface area contributed by atoms with Crippen LogP contribution in [-0.4, -0.2) is 21.0 Å². The number of rotatable bonds is 8. The van der Waals surface area contributed by atoms with Gasteiger partial charge in [-0.3, -0.25) is 0 Å². The van der Waals surface area contributed by atoms with Gasteiger partial charge in [0.2, 0.25) is 0 Å². The molecule has 2 aromatic carbocycles. The first-order valence-electron chi connectivity index (χ1n) is 14.4. The maximum atomic E-state index is 6.12. The lowest BCUT2D eigenvalue weighted by Crippen LogP contribution is -2.24. The lowest BCUT2D eigenvalue weighted by atomic mass is 9.74. The molecule has 2 fully saturated rings. The second-order valence-electron chi connectivity index (χ2n) is 12.1. The van der Waals surface area contributed by atoms with Crippen molar-refractivity contribution in [1.29, 1.82) is 0 Å².